The van der Waals surface area contributed by atoms with Crippen LogP contribution in [0.3, 0.4) is 0 Å². The summed E-state index contributed by atoms with van der Waals surface area (Å²) in [6, 6.07) is 3.77. The lowest BCUT2D eigenvalue weighted by Crippen LogP contribution is -2.54. The molecule has 0 amide bonds. The number of methoxy groups -OCH3 is 2. The molecule has 4 heteroatoms. The SMILES string of the molecule is COc1ccc(OC)c2c1CC1(C)C3=CCCC(=O)C3(C)CCC21O. The Kier molecular flexibility index (Phi) is 3.40. The van der Waals surface area contributed by atoms with Crippen LogP contribution in [0.5, 0.6) is 11.5 Å². The molecule has 1 saturated carbocycles. The molecule has 134 valence electrons. The zero-order chi connectivity index (χ0) is 18.0. The van der Waals surface area contributed by atoms with E-state index in [2.05, 4.69) is 19.9 Å². The van der Waals surface area contributed by atoms with E-state index in [1.54, 1.807) is 14.2 Å². The standard InChI is InChI=1S/C21H26O4/c1-19-10-11-21(23)18-13(14(24-3)8-9-15(18)25-4)12-20(21,2)16(19)6-5-7-17(19)22/h6,8-9,23H,5,7,10-12H2,1-4H3. The van der Waals surface area contributed by atoms with Gasteiger partial charge in [0.1, 0.15) is 22.9 Å². The van der Waals surface area contributed by atoms with E-state index in [9.17, 15) is 9.90 Å². The monoisotopic (exact) mass is 342 g/mol. The van der Waals surface area contributed by atoms with Crippen molar-refractivity contribution in [2.75, 3.05) is 14.2 Å². The Labute approximate surface area is 148 Å². The predicted octanol–water partition coefficient (Wildman–Crippen LogP) is 3.54. The molecule has 0 aliphatic heterocycles. The van der Waals surface area contributed by atoms with Crippen molar-refractivity contribution < 1.29 is 19.4 Å². The maximum absolute atomic E-state index is 12.7. The quantitative estimate of drug-likeness (QED) is 0.835. The number of aliphatic hydroxyl groups is 1. The molecule has 3 atom stereocenters. The lowest BCUT2D eigenvalue weighted by molar-refractivity contribution is -0.138. The van der Waals surface area contributed by atoms with Gasteiger partial charge in [0.25, 0.3) is 0 Å². The van der Waals surface area contributed by atoms with Gasteiger partial charge in [-0.05, 0) is 44.7 Å². The fourth-order valence-electron chi connectivity index (χ4n) is 5.63. The van der Waals surface area contributed by atoms with Crippen LogP contribution in [0.25, 0.3) is 0 Å². The first-order valence-corrected chi connectivity index (χ1v) is 9.03. The van der Waals surface area contributed by atoms with Gasteiger partial charge in [-0.15, -0.1) is 0 Å². The first-order chi connectivity index (χ1) is 11.8. The number of ether oxygens (including phenoxy) is 2. The van der Waals surface area contributed by atoms with Gasteiger partial charge in [0.15, 0.2) is 0 Å². The smallest absolute Gasteiger partial charge is 0.143 e. The van der Waals surface area contributed by atoms with Crippen LogP contribution in [0, 0.1) is 10.8 Å². The number of hydrogen-bond acceptors (Lipinski definition) is 4. The minimum atomic E-state index is -1.04. The molecule has 1 fully saturated rings. The molecule has 3 aliphatic rings. The zero-order valence-corrected chi connectivity index (χ0v) is 15.4. The van der Waals surface area contributed by atoms with Crippen molar-refractivity contribution in [2.24, 2.45) is 10.8 Å². The maximum atomic E-state index is 12.7. The number of benzene rings is 1. The van der Waals surface area contributed by atoms with Gasteiger partial charge < -0.3 is 14.6 Å². The van der Waals surface area contributed by atoms with Crippen LogP contribution in [-0.4, -0.2) is 25.1 Å². The van der Waals surface area contributed by atoms with Gasteiger partial charge in [-0.25, -0.2) is 0 Å². The van der Waals surface area contributed by atoms with E-state index < -0.39 is 16.4 Å². The third kappa shape index (κ3) is 1.84. The van der Waals surface area contributed by atoms with Crippen LogP contribution in [0.15, 0.2) is 23.8 Å². The highest BCUT2D eigenvalue weighted by molar-refractivity contribution is 5.90. The van der Waals surface area contributed by atoms with Gasteiger partial charge in [-0.1, -0.05) is 18.6 Å². The number of hydrogen-bond donors (Lipinski definition) is 1. The molecule has 3 unspecified atom stereocenters. The van der Waals surface area contributed by atoms with E-state index in [1.807, 2.05) is 12.1 Å². The number of fused-ring (bicyclic) bond motifs is 5. The summed E-state index contributed by atoms with van der Waals surface area (Å²) in [4.78, 5) is 12.7. The highest BCUT2D eigenvalue weighted by Gasteiger charge is 2.65. The number of allylic oxidation sites excluding steroid dienone is 1. The van der Waals surface area contributed by atoms with Crippen molar-refractivity contribution >= 4 is 5.78 Å². The Morgan fingerprint density at radius 3 is 2.44 bits per heavy atom. The Bertz CT molecular complexity index is 795. The number of rotatable bonds is 2. The third-order valence-electron chi connectivity index (χ3n) is 7.04. The van der Waals surface area contributed by atoms with Crippen molar-refractivity contribution in [2.45, 2.75) is 51.6 Å². The average molecular weight is 342 g/mol. The fraction of sp³-hybridized carbons (Fsp3) is 0.571. The first-order valence-electron chi connectivity index (χ1n) is 9.03. The molecular formula is C21H26O4. The zero-order valence-electron chi connectivity index (χ0n) is 15.4. The summed E-state index contributed by atoms with van der Waals surface area (Å²) in [5.41, 5.74) is 0.950. The molecule has 1 aromatic rings. The lowest BCUT2D eigenvalue weighted by Gasteiger charge is -2.54. The molecule has 0 bridgehead atoms. The van der Waals surface area contributed by atoms with E-state index in [-0.39, 0.29) is 0 Å². The van der Waals surface area contributed by atoms with Gasteiger partial charge in [0.2, 0.25) is 0 Å². The van der Waals surface area contributed by atoms with E-state index in [4.69, 9.17) is 9.47 Å². The third-order valence-corrected chi connectivity index (χ3v) is 7.04. The summed E-state index contributed by atoms with van der Waals surface area (Å²) in [5.74, 6) is 1.79. The average Bonchev–Trinajstić information content (AvgIpc) is 2.85. The van der Waals surface area contributed by atoms with E-state index in [0.717, 1.165) is 28.9 Å². The van der Waals surface area contributed by atoms with E-state index >= 15 is 0 Å². The predicted molar refractivity (Wildman–Crippen MR) is 94.9 cm³/mol. The summed E-state index contributed by atoms with van der Waals surface area (Å²) in [6.07, 6.45) is 5.46. The molecule has 3 aliphatic carbocycles. The molecule has 0 spiro atoms. The first kappa shape index (κ1) is 16.6. The van der Waals surface area contributed by atoms with Crippen LogP contribution in [0.2, 0.25) is 0 Å². The molecule has 4 rings (SSSR count). The summed E-state index contributed by atoms with van der Waals surface area (Å²) < 4.78 is 11.2. The van der Waals surface area contributed by atoms with Crippen LogP contribution in [0.1, 0.15) is 50.7 Å². The molecule has 1 aromatic carbocycles. The number of Topliss-reactive ketones (excluding diaryl/α,β-unsaturated/α-hetero) is 1. The highest BCUT2D eigenvalue weighted by atomic mass is 16.5. The van der Waals surface area contributed by atoms with Crippen LogP contribution in [0.4, 0.5) is 0 Å². The van der Waals surface area contributed by atoms with Crippen molar-refractivity contribution in [1.29, 1.82) is 0 Å². The topological polar surface area (TPSA) is 55.8 Å². The maximum Gasteiger partial charge on any atom is 0.143 e. The summed E-state index contributed by atoms with van der Waals surface area (Å²) >= 11 is 0. The fourth-order valence-corrected chi connectivity index (χ4v) is 5.63. The van der Waals surface area contributed by atoms with Gasteiger partial charge in [0.05, 0.1) is 14.2 Å². The number of carbonyl (C=O) groups is 1. The molecule has 4 nitrogen and oxygen atoms in total. The largest absolute Gasteiger partial charge is 0.496 e. The second-order valence-corrected chi connectivity index (χ2v) is 8.10. The van der Waals surface area contributed by atoms with Crippen LogP contribution >= 0.6 is 0 Å². The highest BCUT2D eigenvalue weighted by Crippen LogP contribution is 2.68. The molecule has 1 N–H and O–H groups in total. The summed E-state index contributed by atoms with van der Waals surface area (Å²) in [6.45, 7) is 4.16. The van der Waals surface area contributed by atoms with E-state index in [0.29, 0.717) is 37.2 Å². The summed E-state index contributed by atoms with van der Waals surface area (Å²) in [7, 11) is 3.29. The Morgan fingerprint density at radius 1 is 1.08 bits per heavy atom. The Hall–Kier alpha value is -1.81. The van der Waals surface area contributed by atoms with Gasteiger partial charge in [-0.3, -0.25) is 4.79 Å². The van der Waals surface area contributed by atoms with E-state index in [1.165, 1.54) is 0 Å². The normalized spacial score (nSPS) is 36.2. The minimum Gasteiger partial charge on any atom is -0.496 e. The number of ketones is 1. The van der Waals surface area contributed by atoms with Crippen molar-refractivity contribution in [1.82, 2.24) is 0 Å². The van der Waals surface area contributed by atoms with Crippen molar-refractivity contribution in [3.63, 3.8) is 0 Å². The summed E-state index contributed by atoms with van der Waals surface area (Å²) in [5, 5.41) is 11.9. The van der Waals surface area contributed by atoms with Crippen molar-refractivity contribution in [3.8, 4) is 11.5 Å². The van der Waals surface area contributed by atoms with Gasteiger partial charge in [0, 0.05) is 28.4 Å². The van der Waals surface area contributed by atoms with Gasteiger partial charge >= 0.3 is 0 Å². The van der Waals surface area contributed by atoms with Crippen molar-refractivity contribution in [3.05, 3.63) is 34.9 Å². The minimum absolute atomic E-state index is 0.308. The number of carbonyl (C=O) groups excluding carboxylic acids is 1. The second kappa shape index (κ2) is 5.10. The molecule has 0 radical (unpaired) electrons. The van der Waals surface area contributed by atoms with Crippen LogP contribution < -0.4 is 9.47 Å². The Morgan fingerprint density at radius 2 is 1.76 bits per heavy atom. The second-order valence-electron chi connectivity index (χ2n) is 8.10. The molecule has 0 saturated heterocycles. The molecule has 0 aromatic heterocycles. The molecule has 0 heterocycles. The molecular weight excluding hydrogens is 316 g/mol. The Balaban J connectivity index is 1.97. The molecule has 25 heavy (non-hydrogen) atoms. The van der Waals surface area contributed by atoms with Crippen LogP contribution in [-0.2, 0) is 16.8 Å². The van der Waals surface area contributed by atoms with Gasteiger partial charge in [-0.2, -0.15) is 0 Å². The lowest BCUT2D eigenvalue weighted by atomic mass is 9.50.